The van der Waals surface area contributed by atoms with Gasteiger partial charge in [0.25, 0.3) is 0 Å². The maximum absolute atomic E-state index is 12.3. The Morgan fingerprint density at radius 1 is 0.971 bits per heavy atom. The molecular weight excluding hydrogens is 424 g/mol. The lowest BCUT2D eigenvalue weighted by atomic mass is 9.98. The SMILES string of the molecule is O=C(NCCC#Cc1cccc(N2CCOCC2)c1)OCC1c2ccccc2-c2ccccc21. The molecule has 3 aromatic rings. The molecule has 1 heterocycles. The first-order chi connectivity index (χ1) is 16.8. The van der Waals surface area contributed by atoms with E-state index in [2.05, 4.69) is 58.5 Å². The predicted molar refractivity (Wildman–Crippen MR) is 134 cm³/mol. The topological polar surface area (TPSA) is 50.8 Å². The highest BCUT2D eigenvalue weighted by Crippen LogP contribution is 2.44. The molecule has 1 aliphatic heterocycles. The van der Waals surface area contributed by atoms with Gasteiger partial charge in [0, 0.05) is 43.2 Å². The van der Waals surface area contributed by atoms with E-state index in [0.717, 1.165) is 31.9 Å². The predicted octanol–water partition coefficient (Wildman–Crippen LogP) is 4.80. The highest BCUT2D eigenvalue weighted by molar-refractivity contribution is 5.79. The summed E-state index contributed by atoms with van der Waals surface area (Å²) in [5, 5.41) is 2.82. The van der Waals surface area contributed by atoms with Gasteiger partial charge in [-0.15, -0.1) is 0 Å². The number of carbonyl (C=O) groups excluding carboxylic acids is 1. The number of nitrogens with one attached hydrogen (secondary N) is 1. The summed E-state index contributed by atoms with van der Waals surface area (Å²) < 4.78 is 11.0. The van der Waals surface area contributed by atoms with Gasteiger partial charge in [0.2, 0.25) is 0 Å². The highest BCUT2D eigenvalue weighted by Gasteiger charge is 2.28. The van der Waals surface area contributed by atoms with Crippen molar-refractivity contribution in [3.63, 3.8) is 0 Å². The smallest absolute Gasteiger partial charge is 0.407 e. The monoisotopic (exact) mass is 452 g/mol. The molecule has 5 nitrogen and oxygen atoms in total. The summed E-state index contributed by atoms with van der Waals surface area (Å²) in [4.78, 5) is 14.6. The number of hydrogen-bond donors (Lipinski definition) is 1. The van der Waals surface area contributed by atoms with Crippen molar-refractivity contribution < 1.29 is 14.3 Å². The number of alkyl carbamates (subject to hydrolysis) is 1. The summed E-state index contributed by atoms with van der Waals surface area (Å²) >= 11 is 0. The molecule has 5 heteroatoms. The molecule has 1 aliphatic carbocycles. The summed E-state index contributed by atoms with van der Waals surface area (Å²) in [6.45, 7) is 4.10. The van der Waals surface area contributed by atoms with Crippen LogP contribution in [0.3, 0.4) is 0 Å². The Morgan fingerprint density at radius 3 is 2.41 bits per heavy atom. The Labute approximate surface area is 200 Å². The quantitative estimate of drug-likeness (QED) is 0.446. The fourth-order valence-corrected chi connectivity index (χ4v) is 4.64. The molecule has 2 aliphatic rings. The summed E-state index contributed by atoms with van der Waals surface area (Å²) in [5.74, 6) is 6.41. The summed E-state index contributed by atoms with van der Waals surface area (Å²) in [7, 11) is 0. The molecule has 0 saturated carbocycles. The average Bonchev–Trinajstić information content (AvgIpc) is 3.22. The van der Waals surface area contributed by atoms with E-state index in [9.17, 15) is 4.79 Å². The molecule has 34 heavy (non-hydrogen) atoms. The second-order valence-electron chi connectivity index (χ2n) is 8.45. The van der Waals surface area contributed by atoms with Crippen molar-refractivity contribution in [1.82, 2.24) is 5.32 Å². The van der Waals surface area contributed by atoms with Crippen LogP contribution < -0.4 is 10.2 Å². The zero-order valence-corrected chi connectivity index (χ0v) is 19.1. The number of nitrogens with zero attached hydrogens (tertiary/aromatic N) is 1. The van der Waals surface area contributed by atoms with Crippen LogP contribution in [0.15, 0.2) is 72.8 Å². The van der Waals surface area contributed by atoms with Crippen molar-refractivity contribution in [1.29, 1.82) is 0 Å². The number of morpholine rings is 1. The molecule has 0 atom stereocenters. The third kappa shape index (κ3) is 4.93. The Morgan fingerprint density at radius 2 is 1.68 bits per heavy atom. The van der Waals surface area contributed by atoms with Gasteiger partial charge in [0.15, 0.2) is 0 Å². The minimum Gasteiger partial charge on any atom is -0.449 e. The Kier molecular flexibility index (Phi) is 6.78. The van der Waals surface area contributed by atoms with Gasteiger partial charge in [-0.1, -0.05) is 66.4 Å². The molecule has 0 unspecified atom stereocenters. The van der Waals surface area contributed by atoms with Crippen molar-refractivity contribution in [3.8, 4) is 23.0 Å². The average molecular weight is 453 g/mol. The van der Waals surface area contributed by atoms with Gasteiger partial charge >= 0.3 is 6.09 Å². The van der Waals surface area contributed by atoms with E-state index in [1.165, 1.54) is 27.9 Å². The lowest BCUT2D eigenvalue weighted by molar-refractivity contribution is 0.122. The van der Waals surface area contributed by atoms with Gasteiger partial charge in [0.05, 0.1) is 13.2 Å². The maximum atomic E-state index is 12.3. The van der Waals surface area contributed by atoms with Crippen LogP contribution in [-0.2, 0) is 9.47 Å². The van der Waals surface area contributed by atoms with E-state index >= 15 is 0 Å². The van der Waals surface area contributed by atoms with Gasteiger partial charge in [0.1, 0.15) is 6.61 Å². The van der Waals surface area contributed by atoms with Crippen molar-refractivity contribution in [2.75, 3.05) is 44.4 Å². The summed E-state index contributed by atoms with van der Waals surface area (Å²) in [6, 6.07) is 24.9. The van der Waals surface area contributed by atoms with E-state index < -0.39 is 6.09 Å². The molecule has 0 aromatic heterocycles. The second kappa shape index (κ2) is 10.5. The molecule has 5 rings (SSSR count). The first-order valence-electron chi connectivity index (χ1n) is 11.8. The summed E-state index contributed by atoms with van der Waals surface area (Å²) in [6.07, 6.45) is 0.157. The third-order valence-electron chi connectivity index (χ3n) is 6.32. The Balaban J connectivity index is 1.10. The van der Waals surface area contributed by atoms with Gasteiger partial charge in [-0.25, -0.2) is 4.79 Å². The number of fused-ring (bicyclic) bond motifs is 3. The normalized spacial score (nSPS) is 14.5. The molecule has 3 aromatic carbocycles. The standard InChI is InChI=1S/C29H28N2O3/c32-29(34-21-28-26-13-3-1-11-24(26)25-12-2-4-14-27(25)28)30-15-6-5-8-22-9-7-10-23(20-22)31-16-18-33-19-17-31/h1-4,7,9-14,20,28H,6,15-19,21H2,(H,30,32). The second-order valence-corrected chi connectivity index (χ2v) is 8.45. The number of benzene rings is 3. The third-order valence-corrected chi connectivity index (χ3v) is 6.32. The van der Waals surface area contributed by atoms with Crippen LogP contribution in [0.2, 0.25) is 0 Å². The van der Waals surface area contributed by atoms with E-state index in [-0.39, 0.29) is 5.92 Å². The summed E-state index contributed by atoms with van der Waals surface area (Å²) in [5.41, 5.74) is 7.01. The van der Waals surface area contributed by atoms with Crippen LogP contribution in [0.4, 0.5) is 10.5 Å². The largest absolute Gasteiger partial charge is 0.449 e. The lowest BCUT2D eigenvalue weighted by Gasteiger charge is -2.28. The van der Waals surface area contributed by atoms with Crippen LogP contribution in [0.25, 0.3) is 11.1 Å². The van der Waals surface area contributed by atoms with E-state index in [0.29, 0.717) is 19.6 Å². The number of hydrogen-bond acceptors (Lipinski definition) is 4. The van der Waals surface area contributed by atoms with Crippen molar-refractivity contribution >= 4 is 11.8 Å². The van der Waals surface area contributed by atoms with Crippen LogP contribution in [-0.4, -0.2) is 45.5 Å². The first-order valence-corrected chi connectivity index (χ1v) is 11.8. The Hall–Kier alpha value is -3.75. The van der Waals surface area contributed by atoms with Gasteiger partial charge in [-0.3, -0.25) is 0 Å². The fraction of sp³-hybridized carbons (Fsp3) is 0.276. The number of rotatable bonds is 5. The number of ether oxygens (including phenoxy) is 2. The molecule has 1 fully saturated rings. The molecule has 0 spiro atoms. The van der Waals surface area contributed by atoms with Gasteiger partial charge in [-0.05, 0) is 40.5 Å². The van der Waals surface area contributed by atoms with Crippen LogP contribution in [0.5, 0.6) is 0 Å². The van der Waals surface area contributed by atoms with Crippen LogP contribution in [0.1, 0.15) is 29.0 Å². The Bertz CT molecular complexity index is 1180. The molecule has 1 N–H and O–H groups in total. The fourth-order valence-electron chi connectivity index (χ4n) is 4.64. The first kappa shape index (κ1) is 22.1. The minimum atomic E-state index is -0.405. The zero-order chi connectivity index (χ0) is 23.2. The number of amides is 1. The number of carbonyl (C=O) groups is 1. The van der Waals surface area contributed by atoms with Crippen molar-refractivity contribution in [2.45, 2.75) is 12.3 Å². The molecule has 0 radical (unpaired) electrons. The highest BCUT2D eigenvalue weighted by atomic mass is 16.5. The maximum Gasteiger partial charge on any atom is 0.407 e. The minimum absolute atomic E-state index is 0.0664. The van der Waals surface area contributed by atoms with E-state index in [4.69, 9.17) is 9.47 Å². The molecule has 1 amide bonds. The zero-order valence-electron chi connectivity index (χ0n) is 19.1. The van der Waals surface area contributed by atoms with Crippen molar-refractivity contribution in [2.24, 2.45) is 0 Å². The number of anilines is 1. The van der Waals surface area contributed by atoms with Gasteiger partial charge in [-0.2, -0.15) is 0 Å². The molecule has 0 bridgehead atoms. The molecular formula is C29H28N2O3. The van der Waals surface area contributed by atoms with Gasteiger partial charge < -0.3 is 19.7 Å². The van der Waals surface area contributed by atoms with E-state index in [1.807, 2.05) is 36.4 Å². The van der Waals surface area contributed by atoms with E-state index in [1.54, 1.807) is 0 Å². The van der Waals surface area contributed by atoms with Crippen LogP contribution in [0, 0.1) is 11.8 Å². The van der Waals surface area contributed by atoms with Crippen LogP contribution >= 0.6 is 0 Å². The van der Waals surface area contributed by atoms with Crippen molar-refractivity contribution in [3.05, 3.63) is 89.5 Å². The molecule has 1 saturated heterocycles. The molecule has 172 valence electrons. The lowest BCUT2D eigenvalue weighted by Crippen LogP contribution is -2.36.